The lowest BCUT2D eigenvalue weighted by Gasteiger charge is -1.89. The summed E-state index contributed by atoms with van der Waals surface area (Å²) < 4.78 is 0. The van der Waals surface area contributed by atoms with Gasteiger partial charge in [0.1, 0.15) is 0 Å². The number of H-pyrrole nitrogens is 1. The van der Waals surface area contributed by atoms with Gasteiger partial charge in [0, 0.05) is 18.4 Å². The van der Waals surface area contributed by atoms with Crippen molar-refractivity contribution in [3.63, 3.8) is 0 Å². The maximum atomic E-state index is 10.6. The van der Waals surface area contributed by atoms with Crippen LogP contribution in [0, 0.1) is 6.92 Å². The van der Waals surface area contributed by atoms with Crippen molar-refractivity contribution in [1.82, 2.24) is 9.97 Å². The second-order valence-corrected chi connectivity index (χ2v) is 3.81. The molecule has 13 heavy (non-hydrogen) atoms. The fourth-order valence-corrected chi connectivity index (χ4v) is 1.29. The smallest absolute Gasteiger partial charge is 0.186 e. The molecule has 0 bridgehead atoms. The van der Waals surface area contributed by atoms with Gasteiger partial charge in [0.25, 0.3) is 0 Å². The number of hydrogen-bond donors (Lipinski definition) is 1. The lowest BCUT2D eigenvalue weighted by atomic mass is 10.3. The maximum absolute atomic E-state index is 10.6. The molecular weight excluding hydrogens is 184 g/mol. The van der Waals surface area contributed by atoms with E-state index in [0.29, 0.717) is 5.75 Å². The summed E-state index contributed by atoms with van der Waals surface area (Å²) in [4.78, 5) is 17.7. The summed E-state index contributed by atoms with van der Waals surface area (Å²) in [6.45, 7) is 3.53. The van der Waals surface area contributed by atoms with Gasteiger partial charge in [0.2, 0.25) is 0 Å². The lowest BCUT2D eigenvalue weighted by molar-refractivity contribution is -0.109. The Morgan fingerprint density at radius 2 is 2.54 bits per heavy atom. The standard InChI is InChI=1S/C9H12N2OS/c1-7-9(11-6-10-7)4-3-5-13-8(2)12/h3-4,6H,5H2,1-2H3,(H,10,11). The predicted molar refractivity (Wildman–Crippen MR) is 55.5 cm³/mol. The number of carbonyl (C=O) groups is 1. The minimum Gasteiger partial charge on any atom is -0.348 e. The van der Waals surface area contributed by atoms with Crippen LogP contribution in [0.25, 0.3) is 6.08 Å². The normalized spacial score (nSPS) is 10.9. The quantitative estimate of drug-likeness (QED) is 0.804. The number of nitrogens with zero attached hydrogens (tertiary/aromatic N) is 1. The zero-order valence-electron chi connectivity index (χ0n) is 7.70. The Bertz CT molecular complexity index is 317. The molecule has 0 unspecified atom stereocenters. The van der Waals surface area contributed by atoms with Gasteiger partial charge in [-0.05, 0) is 13.0 Å². The molecule has 3 nitrogen and oxygen atoms in total. The maximum Gasteiger partial charge on any atom is 0.186 e. The molecule has 70 valence electrons. The SMILES string of the molecule is CC(=O)SCC=Cc1nc[nH]c1C. The Balaban J connectivity index is 2.41. The summed E-state index contributed by atoms with van der Waals surface area (Å²) in [5.74, 6) is 0.710. The van der Waals surface area contributed by atoms with E-state index in [-0.39, 0.29) is 5.12 Å². The Kier molecular flexibility index (Phi) is 3.76. The molecule has 0 radical (unpaired) electrons. The molecule has 1 heterocycles. The number of aryl methyl sites for hydroxylation is 1. The lowest BCUT2D eigenvalue weighted by Crippen LogP contribution is -1.82. The first-order valence-electron chi connectivity index (χ1n) is 4.00. The van der Waals surface area contributed by atoms with Crippen LogP contribution in [0.5, 0.6) is 0 Å². The van der Waals surface area contributed by atoms with Crippen LogP contribution in [0.1, 0.15) is 18.3 Å². The van der Waals surface area contributed by atoms with Crippen LogP contribution in [-0.4, -0.2) is 20.8 Å². The highest BCUT2D eigenvalue weighted by Gasteiger charge is 1.94. The Hall–Kier alpha value is -1.03. The van der Waals surface area contributed by atoms with Gasteiger partial charge >= 0.3 is 0 Å². The van der Waals surface area contributed by atoms with Crippen molar-refractivity contribution in [2.24, 2.45) is 0 Å². The fourth-order valence-electron chi connectivity index (χ4n) is 0.863. The molecule has 0 aliphatic heterocycles. The summed E-state index contributed by atoms with van der Waals surface area (Å²) >= 11 is 1.30. The second-order valence-electron chi connectivity index (χ2n) is 2.62. The van der Waals surface area contributed by atoms with E-state index in [0.717, 1.165) is 11.4 Å². The van der Waals surface area contributed by atoms with Gasteiger partial charge in [-0.1, -0.05) is 17.8 Å². The van der Waals surface area contributed by atoms with E-state index in [9.17, 15) is 4.79 Å². The molecule has 0 atom stereocenters. The number of aromatic nitrogens is 2. The van der Waals surface area contributed by atoms with Crippen LogP contribution in [0.3, 0.4) is 0 Å². The van der Waals surface area contributed by atoms with Crippen LogP contribution < -0.4 is 0 Å². The van der Waals surface area contributed by atoms with Crippen molar-refractivity contribution in [2.75, 3.05) is 5.75 Å². The summed E-state index contributed by atoms with van der Waals surface area (Å²) in [6.07, 6.45) is 5.52. The first kappa shape index (κ1) is 10.1. The van der Waals surface area contributed by atoms with Crippen LogP contribution in [0.2, 0.25) is 0 Å². The third-order valence-corrected chi connectivity index (χ3v) is 2.29. The van der Waals surface area contributed by atoms with E-state index in [1.165, 1.54) is 11.8 Å². The molecule has 1 aromatic heterocycles. The molecule has 1 aromatic rings. The van der Waals surface area contributed by atoms with Crippen molar-refractivity contribution < 1.29 is 4.79 Å². The van der Waals surface area contributed by atoms with Gasteiger partial charge in [-0.2, -0.15) is 0 Å². The molecule has 0 saturated heterocycles. The number of carbonyl (C=O) groups excluding carboxylic acids is 1. The third-order valence-electron chi connectivity index (χ3n) is 1.53. The van der Waals surface area contributed by atoms with Crippen LogP contribution in [0.4, 0.5) is 0 Å². The first-order valence-corrected chi connectivity index (χ1v) is 4.98. The number of imidazole rings is 1. The van der Waals surface area contributed by atoms with Gasteiger partial charge in [0.05, 0.1) is 12.0 Å². The van der Waals surface area contributed by atoms with Crippen LogP contribution in [0.15, 0.2) is 12.4 Å². The number of rotatable bonds is 3. The second kappa shape index (κ2) is 4.87. The van der Waals surface area contributed by atoms with Crippen molar-refractivity contribution >= 4 is 23.0 Å². The molecule has 1 rings (SSSR count). The van der Waals surface area contributed by atoms with Gasteiger partial charge in [-0.3, -0.25) is 4.79 Å². The van der Waals surface area contributed by atoms with Gasteiger partial charge in [-0.15, -0.1) is 0 Å². The first-order chi connectivity index (χ1) is 6.20. The average Bonchev–Trinajstić information content (AvgIpc) is 2.45. The van der Waals surface area contributed by atoms with Crippen molar-refractivity contribution in [3.05, 3.63) is 23.8 Å². The summed E-state index contributed by atoms with van der Waals surface area (Å²) in [7, 11) is 0. The highest BCUT2D eigenvalue weighted by atomic mass is 32.2. The monoisotopic (exact) mass is 196 g/mol. The van der Waals surface area contributed by atoms with E-state index in [2.05, 4.69) is 9.97 Å². The Morgan fingerprint density at radius 1 is 1.77 bits per heavy atom. The molecule has 4 heteroatoms. The number of nitrogens with one attached hydrogen (secondary N) is 1. The van der Waals surface area contributed by atoms with Gasteiger partial charge < -0.3 is 4.98 Å². The minimum atomic E-state index is 0.142. The third kappa shape index (κ3) is 3.46. The molecule has 0 aliphatic carbocycles. The van der Waals surface area contributed by atoms with E-state index in [4.69, 9.17) is 0 Å². The predicted octanol–water partition coefficient (Wildman–Crippen LogP) is 2.01. The van der Waals surface area contributed by atoms with Crippen molar-refractivity contribution in [3.8, 4) is 0 Å². The molecule has 0 fully saturated rings. The average molecular weight is 196 g/mol. The molecule has 1 N–H and O–H groups in total. The number of hydrogen-bond acceptors (Lipinski definition) is 3. The van der Waals surface area contributed by atoms with E-state index >= 15 is 0 Å². The molecule has 0 aliphatic rings. The van der Waals surface area contributed by atoms with Crippen LogP contribution in [-0.2, 0) is 4.79 Å². The molecular formula is C9H12N2OS. The number of aromatic amines is 1. The summed E-state index contributed by atoms with van der Waals surface area (Å²) in [5.41, 5.74) is 1.98. The topological polar surface area (TPSA) is 45.8 Å². The van der Waals surface area contributed by atoms with Crippen LogP contribution >= 0.6 is 11.8 Å². The fraction of sp³-hybridized carbons (Fsp3) is 0.333. The Labute approximate surface area is 81.6 Å². The van der Waals surface area contributed by atoms with Gasteiger partial charge in [0.15, 0.2) is 5.12 Å². The zero-order chi connectivity index (χ0) is 9.68. The highest BCUT2D eigenvalue weighted by Crippen LogP contribution is 2.06. The molecule has 0 saturated carbocycles. The molecule has 0 spiro atoms. The summed E-state index contributed by atoms with van der Waals surface area (Å²) in [6, 6.07) is 0. The summed E-state index contributed by atoms with van der Waals surface area (Å²) in [5, 5.41) is 0.142. The molecule has 0 amide bonds. The van der Waals surface area contributed by atoms with Gasteiger partial charge in [-0.25, -0.2) is 4.98 Å². The Morgan fingerprint density at radius 3 is 3.08 bits per heavy atom. The van der Waals surface area contributed by atoms with E-state index in [1.807, 2.05) is 19.1 Å². The zero-order valence-corrected chi connectivity index (χ0v) is 8.52. The van der Waals surface area contributed by atoms with E-state index in [1.54, 1.807) is 13.3 Å². The van der Waals surface area contributed by atoms with Crippen molar-refractivity contribution in [1.29, 1.82) is 0 Å². The van der Waals surface area contributed by atoms with E-state index < -0.39 is 0 Å². The van der Waals surface area contributed by atoms with Crippen molar-refractivity contribution in [2.45, 2.75) is 13.8 Å². The minimum absolute atomic E-state index is 0.142. The number of thioether (sulfide) groups is 1. The largest absolute Gasteiger partial charge is 0.348 e. The molecule has 0 aromatic carbocycles. The highest BCUT2D eigenvalue weighted by molar-refractivity contribution is 8.13.